The minimum absolute atomic E-state index is 0.240. The van der Waals surface area contributed by atoms with Crippen LogP contribution in [0.2, 0.25) is 0 Å². The van der Waals surface area contributed by atoms with Crippen molar-refractivity contribution in [3.05, 3.63) is 96.1 Å². The van der Waals surface area contributed by atoms with Crippen LogP contribution in [-0.2, 0) is 11.8 Å². The molecule has 3 aromatic rings. The van der Waals surface area contributed by atoms with Gasteiger partial charge in [-0.2, -0.15) is 0 Å². The molecular weight excluding hydrogens is 362 g/mol. The molecule has 0 N–H and O–H groups in total. The van der Waals surface area contributed by atoms with E-state index in [9.17, 15) is 0 Å². The van der Waals surface area contributed by atoms with Crippen LogP contribution in [0.4, 0.5) is 17.1 Å². The average Bonchev–Trinajstić information content (AvgIpc) is 2.80. The fourth-order valence-corrected chi connectivity index (χ4v) is 4.21. The number of hydrogen-bond donors (Lipinski definition) is 0. The molecule has 0 aliphatic heterocycles. The summed E-state index contributed by atoms with van der Waals surface area (Å²) in [5.74, 6) is 0. The van der Waals surface area contributed by atoms with Gasteiger partial charge in [0.25, 0.3) is 0 Å². The Balaban J connectivity index is 2.06. The quantitative estimate of drug-likeness (QED) is 0.348. The molecular formula is C29H35N. The maximum absolute atomic E-state index is 3.95. The van der Waals surface area contributed by atoms with Crippen LogP contribution in [0, 0.1) is 0 Å². The van der Waals surface area contributed by atoms with Crippen LogP contribution >= 0.6 is 0 Å². The summed E-state index contributed by atoms with van der Waals surface area (Å²) in [6, 6.07) is 26.6. The third kappa shape index (κ3) is 4.67. The van der Waals surface area contributed by atoms with Crippen molar-refractivity contribution in [2.45, 2.75) is 58.8 Å². The highest BCUT2D eigenvalue weighted by Crippen LogP contribution is 2.38. The summed E-state index contributed by atoms with van der Waals surface area (Å²) >= 11 is 0. The Labute approximate surface area is 183 Å². The molecule has 1 unspecified atom stereocenters. The fraction of sp³-hybridized carbons (Fsp3) is 0.310. The smallest absolute Gasteiger partial charge is 0.0467 e. The largest absolute Gasteiger partial charge is 0.310 e. The number of benzene rings is 3. The Morgan fingerprint density at radius 3 is 2.00 bits per heavy atom. The van der Waals surface area contributed by atoms with Crippen molar-refractivity contribution < 1.29 is 0 Å². The average molecular weight is 398 g/mol. The zero-order valence-electron chi connectivity index (χ0n) is 19.0. The van der Waals surface area contributed by atoms with E-state index in [0.29, 0.717) is 0 Å². The van der Waals surface area contributed by atoms with E-state index in [1.54, 1.807) is 0 Å². The Morgan fingerprint density at radius 2 is 1.47 bits per heavy atom. The number of rotatable bonds is 9. The lowest BCUT2D eigenvalue weighted by Crippen LogP contribution is -2.20. The zero-order chi connectivity index (χ0) is 21.6. The lowest BCUT2D eigenvalue weighted by atomic mass is 9.76. The number of hydrogen-bond acceptors (Lipinski definition) is 1. The third-order valence-corrected chi connectivity index (χ3v) is 6.37. The van der Waals surface area contributed by atoms with Crippen LogP contribution in [0.3, 0.4) is 0 Å². The van der Waals surface area contributed by atoms with Crippen LogP contribution in [-0.4, -0.2) is 0 Å². The van der Waals surface area contributed by atoms with Crippen LogP contribution in [0.25, 0.3) is 6.08 Å². The number of aryl methyl sites for hydroxylation is 1. The lowest BCUT2D eigenvalue weighted by molar-refractivity contribution is 0.414. The Bertz CT molecular complexity index is 952. The molecule has 0 saturated carbocycles. The molecule has 30 heavy (non-hydrogen) atoms. The second-order valence-electron chi connectivity index (χ2n) is 8.37. The highest BCUT2D eigenvalue weighted by atomic mass is 15.1. The highest BCUT2D eigenvalue weighted by Gasteiger charge is 2.23. The normalized spacial score (nSPS) is 12.9. The second kappa shape index (κ2) is 9.80. The van der Waals surface area contributed by atoms with Crippen molar-refractivity contribution in [3.8, 4) is 0 Å². The monoisotopic (exact) mass is 397 g/mol. The topological polar surface area (TPSA) is 3.24 Å². The van der Waals surface area contributed by atoms with Crippen LogP contribution in [0.15, 0.2) is 79.4 Å². The van der Waals surface area contributed by atoms with Gasteiger partial charge in [0.15, 0.2) is 0 Å². The molecule has 0 amide bonds. The molecule has 1 heteroatoms. The van der Waals surface area contributed by atoms with Crippen molar-refractivity contribution in [2.75, 3.05) is 4.90 Å². The van der Waals surface area contributed by atoms with Crippen LogP contribution in [0.5, 0.6) is 0 Å². The van der Waals surface area contributed by atoms with E-state index in [-0.39, 0.29) is 5.41 Å². The van der Waals surface area contributed by atoms with Crippen LogP contribution < -0.4 is 4.90 Å². The predicted molar refractivity (Wildman–Crippen MR) is 133 cm³/mol. The Morgan fingerprint density at radius 1 is 0.833 bits per heavy atom. The Kier molecular flexibility index (Phi) is 7.15. The maximum Gasteiger partial charge on any atom is 0.0467 e. The van der Waals surface area contributed by atoms with Gasteiger partial charge in [0.1, 0.15) is 0 Å². The Hall–Kier alpha value is -2.80. The van der Waals surface area contributed by atoms with E-state index in [1.165, 1.54) is 35.3 Å². The van der Waals surface area contributed by atoms with Gasteiger partial charge in [0.2, 0.25) is 0 Å². The van der Waals surface area contributed by atoms with Gasteiger partial charge in [-0.15, -0.1) is 0 Å². The first kappa shape index (κ1) is 21.9. The fourth-order valence-electron chi connectivity index (χ4n) is 4.21. The summed E-state index contributed by atoms with van der Waals surface area (Å²) < 4.78 is 0. The van der Waals surface area contributed by atoms with E-state index in [0.717, 1.165) is 24.1 Å². The summed E-state index contributed by atoms with van der Waals surface area (Å²) in [5.41, 5.74) is 7.65. The molecule has 3 rings (SSSR count). The molecule has 1 atom stereocenters. The summed E-state index contributed by atoms with van der Waals surface area (Å²) in [6.07, 6.45) is 6.53. The first-order valence-electron chi connectivity index (χ1n) is 11.3. The van der Waals surface area contributed by atoms with Crippen molar-refractivity contribution in [1.82, 2.24) is 0 Å². The zero-order valence-corrected chi connectivity index (χ0v) is 19.0. The standard InChI is InChI=1S/C29H35N/c1-6-21-29(5,9-4)25-15-19-27(20-16-25)30(26-17-13-23(7-2)14-18-26)28-12-10-11-24(8-3)22-28/h8,10-20,22H,3,6-7,9,21H2,1-2,4-5H3. The van der Waals surface area contributed by atoms with E-state index in [1.807, 2.05) is 6.08 Å². The van der Waals surface area contributed by atoms with Gasteiger partial charge in [0.05, 0.1) is 0 Å². The minimum Gasteiger partial charge on any atom is -0.310 e. The van der Waals surface area contributed by atoms with Crippen molar-refractivity contribution in [3.63, 3.8) is 0 Å². The van der Waals surface area contributed by atoms with Crippen LogP contribution in [0.1, 0.15) is 63.6 Å². The molecule has 0 aliphatic rings. The molecule has 0 saturated heterocycles. The van der Waals surface area contributed by atoms with Crippen molar-refractivity contribution >= 4 is 23.1 Å². The van der Waals surface area contributed by atoms with Gasteiger partial charge < -0.3 is 4.90 Å². The molecule has 0 radical (unpaired) electrons. The first-order valence-corrected chi connectivity index (χ1v) is 11.3. The highest BCUT2D eigenvalue weighted by molar-refractivity contribution is 5.78. The second-order valence-corrected chi connectivity index (χ2v) is 8.37. The van der Waals surface area contributed by atoms with Gasteiger partial charge in [-0.25, -0.2) is 0 Å². The summed E-state index contributed by atoms with van der Waals surface area (Å²) in [6.45, 7) is 13.1. The molecule has 0 heterocycles. The van der Waals surface area contributed by atoms with E-state index in [2.05, 4.69) is 112 Å². The number of nitrogens with zero attached hydrogens (tertiary/aromatic N) is 1. The molecule has 0 aromatic heterocycles. The van der Waals surface area contributed by atoms with Crippen molar-refractivity contribution in [1.29, 1.82) is 0 Å². The molecule has 0 bridgehead atoms. The van der Waals surface area contributed by atoms with Gasteiger partial charge in [-0.1, -0.05) is 83.2 Å². The van der Waals surface area contributed by atoms with E-state index in [4.69, 9.17) is 0 Å². The molecule has 156 valence electrons. The molecule has 0 fully saturated rings. The third-order valence-electron chi connectivity index (χ3n) is 6.37. The predicted octanol–water partition coefficient (Wildman–Crippen LogP) is 8.83. The van der Waals surface area contributed by atoms with Gasteiger partial charge >= 0.3 is 0 Å². The lowest BCUT2D eigenvalue weighted by Gasteiger charge is -2.30. The summed E-state index contributed by atoms with van der Waals surface area (Å²) in [4.78, 5) is 2.33. The molecule has 1 nitrogen and oxygen atoms in total. The van der Waals surface area contributed by atoms with Gasteiger partial charge in [0, 0.05) is 17.1 Å². The molecule has 3 aromatic carbocycles. The molecule has 0 aliphatic carbocycles. The van der Waals surface area contributed by atoms with E-state index >= 15 is 0 Å². The summed E-state index contributed by atoms with van der Waals surface area (Å²) in [7, 11) is 0. The van der Waals surface area contributed by atoms with E-state index < -0.39 is 0 Å². The van der Waals surface area contributed by atoms with Crippen molar-refractivity contribution in [2.24, 2.45) is 0 Å². The van der Waals surface area contributed by atoms with Gasteiger partial charge in [-0.3, -0.25) is 0 Å². The number of anilines is 3. The first-order chi connectivity index (χ1) is 14.5. The van der Waals surface area contributed by atoms with Gasteiger partial charge in [-0.05, 0) is 77.8 Å². The summed E-state index contributed by atoms with van der Waals surface area (Å²) in [5, 5.41) is 0. The SMILES string of the molecule is C=Cc1cccc(N(c2ccc(CC)cc2)c2ccc(C(C)(CC)CCC)cc2)c1. The maximum atomic E-state index is 3.95. The molecule has 0 spiro atoms. The minimum atomic E-state index is 0.240.